The molecule has 0 fully saturated rings. The lowest BCUT2D eigenvalue weighted by atomic mass is 10.1. The molecule has 56 valence electrons. The Bertz CT molecular complexity index is 135. The van der Waals surface area contributed by atoms with Crippen LogP contribution < -0.4 is 5.32 Å². The van der Waals surface area contributed by atoms with Crippen molar-refractivity contribution in [2.45, 2.75) is 19.9 Å². The number of hydrogen-bond donors (Lipinski definition) is 1. The van der Waals surface area contributed by atoms with Gasteiger partial charge in [0.2, 0.25) is 0 Å². The highest BCUT2D eigenvalue weighted by molar-refractivity contribution is 4.87. The van der Waals surface area contributed by atoms with Gasteiger partial charge < -0.3 is 5.32 Å². The summed E-state index contributed by atoms with van der Waals surface area (Å²) in [6.45, 7) is 8.24. The van der Waals surface area contributed by atoms with Crippen LogP contribution in [0.3, 0.4) is 0 Å². The molecule has 0 spiro atoms. The van der Waals surface area contributed by atoms with Crippen molar-refractivity contribution in [3.8, 4) is 6.07 Å². The lowest BCUT2D eigenvalue weighted by Gasteiger charge is -2.13. The third-order valence-electron chi connectivity index (χ3n) is 1.54. The average molecular weight is 138 g/mol. The van der Waals surface area contributed by atoms with E-state index in [0.29, 0.717) is 0 Å². The summed E-state index contributed by atoms with van der Waals surface area (Å²) in [5.41, 5.74) is 0. The average Bonchev–Trinajstić information content (AvgIpc) is 1.98. The molecule has 0 bridgehead atoms. The van der Waals surface area contributed by atoms with Crippen molar-refractivity contribution >= 4 is 0 Å². The molecule has 0 aromatic rings. The molecule has 0 aliphatic carbocycles. The van der Waals surface area contributed by atoms with E-state index >= 15 is 0 Å². The van der Waals surface area contributed by atoms with Crippen LogP contribution >= 0.6 is 0 Å². The van der Waals surface area contributed by atoms with Crippen LogP contribution in [0.1, 0.15) is 13.8 Å². The molecule has 2 heteroatoms. The lowest BCUT2D eigenvalue weighted by molar-refractivity contribution is 0.489. The number of nitrogens with zero attached hydrogens (tertiary/aromatic N) is 1. The second-order valence-corrected chi connectivity index (χ2v) is 2.40. The number of hydrogen-bond acceptors (Lipinski definition) is 2. The first-order valence-corrected chi connectivity index (χ1v) is 3.46. The summed E-state index contributed by atoms with van der Waals surface area (Å²) in [7, 11) is 0. The predicted octanol–water partition coefficient (Wildman–Crippen LogP) is 1.31. The highest BCUT2D eigenvalue weighted by atomic mass is 14.9. The minimum atomic E-state index is 0.0694. The van der Waals surface area contributed by atoms with Crippen LogP contribution in [0.2, 0.25) is 0 Å². The van der Waals surface area contributed by atoms with E-state index in [9.17, 15) is 0 Å². The first-order chi connectivity index (χ1) is 4.72. The fraction of sp³-hybridized carbons (Fsp3) is 0.625. The van der Waals surface area contributed by atoms with E-state index in [0.717, 1.165) is 6.54 Å². The molecule has 0 aromatic carbocycles. The highest BCUT2D eigenvalue weighted by Gasteiger charge is 2.07. The summed E-state index contributed by atoms with van der Waals surface area (Å²) < 4.78 is 0. The van der Waals surface area contributed by atoms with Gasteiger partial charge in [-0.15, -0.1) is 6.58 Å². The highest BCUT2D eigenvalue weighted by Crippen LogP contribution is 1.98. The van der Waals surface area contributed by atoms with Gasteiger partial charge in [0.05, 0.1) is 12.0 Å². The van der Waals surface area contributed by atoms with Crippen LogP contribution in [0.5, 0.6) is 0 Å². The van der Waals surface area contributed by atoms with Crippen molar-refractivity contribution in [1.29, 1.82) is 5.26 Å². The topological polar surface area (TPSA) is 35.8 Å². The van der Waals surface area contributed by atoms with Crippen LogP contribution in [0.4, 0.5) is 0 Å². The molecule has 0 amide bonds. The monoisotopic (exact) mass is 138 g/mol. The Morgan fingerprint density at radius 2 is 2.30 bits per heavy atom. The zero-order chi connectivity index (χ0) is 7.98. The van der Waals surface area contributed by atoms with E-state index in [-0.39, 0.29) is 12.0 Å². The van der Waals surface area contributed by atoms with E-state index in [2.05, 4.69) is 18.0 Å². The SMILES string of the molecule is C=CCNC(C)C(C)C#N. The van der Waals surface area contributed by atoms with Crippen molar-refractivity contribution in [3.63, 3.8) is 0 Å². The van der Waals surface area contributed by atoms with E-state index in [1.165, 1.54) is 0 Å². The Labute approximate surface area is 62.5 Å². The van der Waals surface area contributed by atoms with Crippen LogP contribution in [-0.2, 0) is 0 Å². The molecule has 0 rings (SSSR count). The fourth-order valence-electron chi connectivity index (χ4n) is 0.558. The second-order valence-electron chi connectivity index (χ2n) is 2.40. The Balaban J connectivity index is 3.52. The van der Waals surface area contributed by atoms with Gasteiger partial charge in [-0.3, -0.25) is 0 Å². The molecule has 0 saturated heterocycles. The standard InChI is InChI=1S/C8H14N2/c1-4-5-10-8(3)7(2)6-9/h4,7-8,10H,1,5H2,2-3H3. The summed E-state index contributed by atoms with van der Waals surface area (Å²) in [5.74, 6) is 0.0694. The smallest absolute Gasteiger partial charge is 0.0669 e. The van der Waals surface area contributed by atoms with Gasteiger partial charge in [0, 0.05) is 12.6 Å². The number of nitrogens with one attached hydrogen (secondary N) is 1. The van der Waals surface area contributed by atoms with E-state index < -0.39 is 0 Å². The van der Waals surface area contributed by atoms with Crippen LogP contribution in [-0.4, -0.2) is 12.6 Å². The van der Waals surface area contributed by atoms with E-state index in [1.807, 2.05) is 13.8 Å². The van der Waals surface area contributed by atoms with Gasteiger partial charge in [0.1, 0.15) is 0 Å². The Kier molecular flexibility index (Phi) is 4.61. The largest absolute Gasteiger partial charge is 0.310 e. The molecule has 0 heterocycles. The van der Waals surface area contributed by atoms with Gasteiger partial charge in [-0.1, -0.05) is 6.08 Å². The van der Waals surface area contributed by atoms with Gasteiger partial charge in [-0.25, -0.2) is 0 Å². The van der Waals surface area contributed by atoms with Gasteiger partial charge in [-0.05, 0) is 13.8 Å². The summed E-state index contributed by atoms with van der Waals surface area (Å²) >= 11 is 0. The third-order valence-corrected chi connectivity index (χ3v) is 1.54. The van der Waals surface area contributed by atoms with E-state index in [1.54, 1.807) is 6.08 Å². The molecule has 0 aliphatic rings. The van der Waals surface area contributed by atoms with Crippen molar-refractivity contribution in [2.75, 3.05) is 6.54 Å². The Morgan fingerprint density at radius 1 is 1.70 bits per heavy atom. The molecule has 0 aliphatic heterocycles. The predicted molar refractivity (Wildman–Crippen MR) is 42.4 cm³/mol. The van der Waals surface area contributed by atoms with Crippen molar-refractivity contribution in [2.24, 2.45) is 5.92 Å². The van der Waals surface area contributed by atoms with Crippen LogP contribution in [0.25, 0.3) is 0 Å². The maximum absolute atomic E-state index is 8.49. The normalized spacial score (nSPS) is 15.3. The molecule has 10 heavy (non-hydrogen) atoms. The third kappa shape index (κ3) is 3.26. The first-order valence-electron chi connectivity index (χ1n) is 3.46. The zero-order valence-electron chi connectivity index (χ0n) is 6.59. The summed E-state index contributed by atoms with van der Waals surface area (Å²) in [4.78, 5) is 0. The van der Waals surface area contributed by atoms with Crippen molar-refractivity contribution in [3.05, 3.63) is 12.7 Å². The molecule has 0 aromatic heterocycles. The lowest BCUT2D eigenvalue weighted by Crippen LogP contribution is -2.31. The molecule has 1 N–H and O–H groups in total. The minimum absolute atomic E-state index is 0.0694. The van der Waals surface area contributed by atoms with Crippen LogP contribution in [0, 0.1) is 17.2 Å². The van der Waals surface area contributed by atoms with E-state index in [4.69, 9.17) is 5.26 Å². The molecule has 2 nitrogen and oxygen atoms in total. The van der Waals surface area contributed by atoms with Gasteiger partial charge in [-0.2, -0.15) is 5.26 Å². The van der Waals surface area contributed by atoms with Gasteiger partial charge in [0.15, 0.2) is 0 Å². The molecular weight excluding hydrogens is 124 g/mol. The fourth-order valence-corrected chi connectivity index (χ4v) is 0.558. The summed E-state index contributed by atoms with van der Waals surface area (Å²) in [6.07, 6.45) is 1.79. The molecule has 2 unspecified atom stereocenters. The van der Waals surface area contributed by atoms with Gasteiger partial charge >= 0.3 is 0 Å². The quantitative estimate of drug-likeness (QED) is 0.594. The minimum Gasteiger partial charge on any atom is -0.310 e. The second kappa shape index (κ2) is 5.01. The molecule has 0 radical (unpaired) electrons. The summed E-state index contributed by atoms with van der Waals surface area (Å²) in [6, 6.07) is 2.43. The van der Waals surface area contributed by atoms with Gasteiger partial charge in [0.25, 0.3) is 0 Å². The molecular formula is C8H14N2. The van der Waals surface area contributed by atoms with Crippen molar-refractivity contribution in [1.82, 2.24) is 5.32 Å². The zero-order valence-corrected chi connectivity index (χ0v) is 6.59. The molecule has 2 atom stereocenters. The maximum atomic E-state index is 8.49. The number of nitriles is 1. The van der Waals surface area contributed by atoms with Crippen LogP contribution in [0.15, 0.2) is 12.7 Å². The molecule has 0 saturated carbocycles. The first kappa shape index (κ1) is 9.19. The Hall–Kier alpha value is -0.810. The summed E-state index contributed by atoms with van der Waals surface area (Å²) in [5, 5.41) is 11.6. The van der Waals surface area contributed by atoms with Crippen molar-refractivity contribution < 1.29 is 0 Å². The maximum Gasteiger partial charge on any atom is 0.0669 e. The number of rotatable bonds is 4. The Morgan fingerprint density at radius 3 is 2.70 bits per heavy atom.